The highest BCUT2D eigenvalue weighted by atomic mass is 32.2. The molecule has 0 aliphatic heterocycles. The van der Waals surface area contributed by atoms with E-state index in [9.17, 15) is 0 Å². The Morgan fingerprint density at radius 2 is 2.06 bits per heavy atom. The van der Waals surface area contributed by atoms with Gasteiger partial charge >= 0.3 is 0 Å². The molecule has 4 heteroatoms. The largest absolute Gasteiger partial charge is 0.334 e. The van der Waals surface area contributed by atoms with Gasteiger partial charge in [-0.25, -0.2) is 0 Å². The summed E-state index contributed by atoms with van der Waals surface area (Å²) in [5.41, 5.74) is 1.02. The monoisotopic (exact) mass is 266 g/mol. The summed E-state index contributed by atoms with van der Waals surface area (Å²) in [6, 6.07) is 2.22. The third kappa shape index (κ3) is 6.30. The first kappa shape index (κ1) is 16.0. The summed E-state index contributed by atoms with van der Waals surface area (Å²) < 4.78 is 0.195. The molecule has 0 amide bonds. The number of thiocarbonyl (C=S) groups is 1. The Kier molecular flexibility index (Phi) is 6.86. The minimum absolute atomic E-state index is 0.497. The highest BCUT2D eigenvalue weighted by Crippen LogP contribution is 2.27. The van der Waals surface area contributed by atoms with Gasteiger partial charge < -0.3 is 4.90 Å². The molecule has 0 atom stereocenters. The molecule has 17 heavy (non-hydrogen) atoms. The minimum atomic E-state index is -0.497. The summed E-state index contributed by atoms with van der Waals surface area (Å²) in [6.45, 7) is 9.28. The standard InChI is InChI=1S/C13H18N2S2/c1-6-7-8-9-11(2)15(5)12(16)17-13(3,4)10-14/h6-9H,1H2,2-5H3/b8-7-,11-9+. The number of hydrogen-bond donors (Lipinski definition) is 0. The second kappa shape index (κ2) is 7.31. The van der Waals surface area contributed by atoms with Crippen molar-refractivity contribution in [1.29, 1.82) is 5.26 Å². The van der Waals surface area contributed by atoms with Crippen LogP contribution in [0.2, 0.25) is 0 Å². The molecule has 0 fully saturated rings. The van der Waals surface area contributed by atoms with Crippen LogP contribution in [0.5, 0.6) is 0 Å². The van der Waals surface area contributed by atoms with Crippen molar-refractivity contribution < 1.29 is 0 Å². The molecule has 0 aromatic heterocycles. The van der Waals surface area contributed by atoms with E-state index in [2.05, 4.69) is 12.6 Å². The topological polar surface area (TPSA) is 27.0 Å². The van der Waals surface area contributed by atoms with Crippen molar-refractivity contribution in [3.05, 3.63) is 36.6 Å². The van der Waals surface area contributed by atoms with Gasteiger partial charge in [0.1, 0.15) is 9.07 Å². The van der Waals surface area contributed by atoms with Gasteiger partial charge in [-0.05, 0) is 26.8 Å². The molecule has 92 valence electrons. The molecule has 0 aromatic carbocycles. The highest BCUT2D eigenvalue weighted by molar-refractivity contribution is 8.23. The SMILES string of the molecule is C=C/C=C\C=C(/C)N(C)C(=S)SC(C)(C)C#N. The van der Waals surface area contributed by atoms with Gasteiger partial charge in [-0.15, -0.1) is 0 Å². The summed E-state index contributed by atoms with van der Waals surface area (Å²) in [4.78, 5) is 1.90. The van der Waals surface area contributed by atoms with Crippen molar-refractivity contribution in [3.63, 3.8) is 0 Å². The predicted molar refractivity (Wildman–Crippen MR) is 80.7 cm³/mol. The van der Waals surface area contributed by atoms with E-state index in [-0.39, 0.29) is 0 Å². The van der Waals surface area contributed by atoms with Gasteiger partial charge in [0.15, 0.2) is 0 Å². The first-order chi connectivity index (χ1) is 7.84. The summed E-state index contributed by atoms with van der Waals surface area (Å²) in [6.07, 6.45) is 7.43. The molecule has 0 N–H and O–H groups in total. The van der Waals surface area contributed by atoms with Gasteiger partial charge in [-0.3, -0.25) is 0 Å². The average Bonchev–Trinajstić information content (AvgIpc) is 2.27. The van der Waals surface area contributed by atoms with Crippen molar-refractivity contribution in [2.45, 2.75) is 25.5 Å². The molecule has 0 aliphatic rings. The smallest absolute Gasteiger partial charge is 0.141 e. The van der Waals surface area contributed by atoms with Crippen LogP contribution in [0.4, 0.5) is 0 Å². The van der Waals surface area contributed by atoms with Crippen LogP contribution >= 0.6 is 24.0 Å². The quantitative estimate of drug-likeness (QED) is 0.570. The summed E-state index contributed by atoms with van der Waals surface area (Å²) in [7, 11) is 1.90. The lowest BCUT2D eigenvalue weighted by molar-refractivity contribution is 0.650. The molecule has 0 spiro atoms. The fraction of sp³-hybridized carbons (Fsp3) is 0.385. The van der Waals surface area contributed by atoms with Crippen LogP contribution in [0.3, 0.4) is 0 Å². The fourth-order valence-electron chi connectivity index (χ4n) is 0.839. The van der Waals surface area contributed by atoms with Gasteiger partial charge in [0, 0.05) is 12.7 Å². The van der Waals surface area contributed by atoms with Gasteiger partial charge in [0.25, 0.3) is 0 Å². The Hall–Kier alpha value is -1.05. The molecule has 0 aliphatic carbocycles. The average molecular weight is 266 g/mol. The number of thioether (sulfide) groups is 1. The minimum Gasteiger partial charge on any atom is -0.334 e. The maximum Gasteiger partial charge on any atom is 0.141 e. The van der Waals surface area contributed by atoms with Crippen molar-refractivity contribution in [1.82, 2.24) is 4.90 Å². The van der Waals surface area contributed by atoms with Crippen LogP contribution in [0, 0.1) is 11.3 Å². The van der Waals surface area contributed by atoms with E-state index < -0.39 is 4.75 Å². The zero-order valence-electron chi connectivity index (χ0n) is 10.7. The Bertz CT molecular complexity index is 387. The van der Waals surface area contributed by atoms with E-state index in [1.807, 2.05) is 50.9 Å². The van der Waals surface area contributed by atoms with E-state index in [1.165, 1.54) is 11.8 Å². The van der Waals surface area contributed by atoms with Crippen molar-refractivity contribution in [3.8, 4) is 6.07 Å². The zero-order valence-corrected chi connectivity index (χ0v) is 12.4. The third-order valence-corrected chi connectivity index (χ3v) is 3.57. The molecule has 0 rings (SSSR count). The lowest BCUT2D eigenvalue weighted by atomic mass is 10.2. The van der Waals surface area contributed by atoms with E-state index in [0.29, 0.717) is 4.32 Å². The highest BCUT2D eigenvalue weighted by Gasteiger charge is 2.22. The third-order valence-electron chi connectivity index (χ3n) is 2.00. The van der Waals surface area contributed by atoms with Crippen LogP contribution < -0.4 is 0 Å². The molecule has 0 radical (unpaired) electrons. The van der Waals surface area contributed by atoms with Gasteiger partial charge in [0.2, 0.25) is 0 Å². The van der Waals surface area contributed by atoms with E-state index in [1.54, 1.807) is 6.08 Å². The first-order valence-corrected chi connectivity index (χ1v) is 6.40. The van der Waals surface area contributed by atoms with Crippen LogP contribution in [0.15, 0.2) is 36.6 Å². The number of nitriles is 1. The maximum absolute atomic E-state index is 8.95. The van der Waals surface area contributed by atoms with Crippen molar-refractivity contribution in [2.75, 3.05) is 7.05 Å². The Morgan fingerprint density at radius 1 is 1.47 bits per heavy atom. The molecule has 0 saturated heterocycles. The van der Waals surface area contributed by atoms with Crippen molar-refractivity contribution in [2.24, 2.45) is 0 Å². The molecule has 0 unspecified atom stereocenters. The number of hydrogen-bond acceptors (Lipinski definition) is 3. The number of rotatable bonds is 4. The second-order valence-electron chi connectivity index (χ2n) is 3.98. The normalized spacial score (nSPS) is 12.3. The van der Waals surface area contributed by atoms with Crippen molar-refractivity contribution >= 4 is 28.3 Å². The van der Waals surface area contributed by atoms with Gasteiger partial charge in [-0.2, -0.15) is 5.26 Å². The molecular weight excluding hydrogens is 248 g/mol. The predicted octanol–water partition coefficient (Wildman–Crippen LogP) is 3.88. The molecule has 0 heterocycles. The summed E-state index contributed by atoms with van der Waals surface area (Å²) >= 11 is 6.69. The number of nitrogens with zero attached hydrogens (tertiary/aromatic N) is 2. The number of allylic oxidation sites excluding steroid dienone is 5. The Morgan fingerprint density at radius 3 is 2.53 bits per heavy atom. The maximum atomic E-state index is 8.95. The molecule has 0 saturated carbocycles. The van der Waals surface area contributed by atoms with Crippen LogP contribution in [-0.4, -0.2) is 21.0 Å². The van der Waals surface area contributed by atoms with E-state index >= 15 is 0 Å². The summed E-state index contributed by atoms with van der Waals surface area (Å²) in [5, 5.41) is 8.95. The van der Waals surface area contributed by atoms with Gasteiger partial charge in [0.05, 0.1) is 6.07 Å². The second-order valence-corrected chi connectivity index (χ2v) is 6.23. The first-order valence-electron chi connectivity index (χ1n) is 5.18. The van der Waals surface area contributed by atoms with E-state index in [4.69, 9.17) is 17.5 Å². The lowest BCUT2D eigenvalue weighted by Crippen LogP contribution is -2.25. The molecular formula is C13H18N2S2. The summed E-state index contributed by atoms with van der Waals surface area (Å²) in [5.74, 6) is 0. The van der Waals surface area contributed by atoms with Crippen LogP contribution in [0.25, 0.3) is 0 Å². The molecule has 2 nitrogen and oxygen atoms in total. The van der Waals surface area contributed by atoms with E-state index in [0.717, 1.165) is 5.70 Å². The Balaban J connectivity index is 4.62. The molecule has 0 aromatic rings. The zero-order chi connectivity index (χ0) is 13.5. The van der Waals surface area contributed by atoms with Crippen LogP contribution in [-0.2, 0) is 0 Å². The Labute approximate surface area is 114 Å². The lowest BCUT2D eigenvalue weighted by Gasteiger charge is -2.24. The van der Waals surface area contributed by atoms with Gasteiger partial charge in [-0.1, -0.05) is 48.8 Å². The molecule has 0 bridgehead atoms. The fourth-order valence-corrected chi connectivity index (χ4v) is 2.37. The van der Waals surface area contributed by atoms with Crippen LogP contribution in [0.1, 0.15) is 20.8 Å².